The van der Waals surface area contributed by atoms with E-state index in [4.69, 9.17) is 11.6 Å². The van der Waals surface area contributed by atoms with Gasteiger partial charge in [-0.15, -0.1) is 0 Å². The number of benzene rings is 3. The van der Waals surface area contributed by atoms with E-state index in [0.717, 1.165) is 41.4 Å². The lowest BCUT2D eigenvalue weighted by Crippen LogP contribution is -2.23. The maximum Gasteiger partial charge on any atom is 0.248 e. The summed E-state index contributed by atoms with van der Waals surface area (Å²) in [7, 11) is 4.05. The van der Waals surface area contributed by atoms with Crippen molar-refractivity contribution in [2.45, 2.75) is 18.9 Å². The summed E-state index contributed by atoms with van der Waals surface area (Å²) in [5.41, 5.74) is 4.05. The van der Waals surface area contributed by atoms with Crippen molar-refractivity contribution >= 4 is 56.5 Å². The molecule has 0 unspecified atom stereocenters. The largest absolute Gasteiger partial charge is 0.351 e. The normalized spacial score (nSPS) is 15.8. The number of hydrogen-bond donors (Lipinski definition) is 2. The molecule has 0 saturated carbocycles. The van der Waals surface area contributed by atoms with E-state index in [2.05, 4.69) is 38.6 Å². The number of nitrogens with one attached hydrogen (secondary N) is 2. The molecule has 1 amide bonds. The van der Waals surface area contributed by atoms with Gasteiger partial charge in [0.05, 0.1) is 21.6 Å². The Kier molecular flexibility index (Phi) is 6.96. The number of carbonyl (C=O) groups excluding carboxylic acids is 1. The van der Waals surface area contributed by atoms with E-state index in [1.807, 2.05) is 54.2 Å². The summed E-state index contributed by atoms with van der Waals surface area (Å²) in [6.45, 7) is 1.02. The summed E-state index contributed by atoms with van der Waals surface area (Å²) in [5, 5.41) is 7.93. The lowest BCUT2D eigenvalue weighted by atomic mass is 9.97. The van der Waals surface area contributed by atoms with Crippen molar-refractivity contribution in [1.29, 1.82) is 0 Å². The van der Waals surface area contributed by atoms with Crippen LogP contribution in [-0.4, -0.2) is 45.0 Å². The Hall–Kier alpha value is -4.27. The van der Waals surface area contributed by atoms with E-state index in [9.17, 15) is 9.18 Å². The standard InChI is InChI=1S/C31H28ClFN6O/c1-38-15-4-5-21(38)10-13-27(40)36-24-12-11-23-29(28(24)20-9-8-19-14-16-39(2)26(19)17-20)31(35-18-34-23)37-25-7-3-6-22(32)30(25)33/h3,6-14,16-18,21H,4-5,15H2,1-2H3,(H,36,40)(H,34,35,37)/b13-10+/t21-/m1/s1. The van der Waals surface area contributed by atoms with Crippen LogP contribution in [0.2, 0.25) is 5.02 Å². The van der Waals surface area contributed by atoms with Gasteiger partial charge >= 0.3 is 0 Å². The highest BCUT2D eigenvalue weighted by molar-refractivity contribution is 6.31. The number of hydrogen-bond acceptors (Lipinski definition) is 5. The van der Waals surface area contributed by atoms with Crippen LogP contribution in [0.25, 0.3) is 32.9 Å². The minimum absolute atomic E-state index is 0.00499. The van der Waals surface area contributed by atoms with Gasteiger partial charge < -0.3 is 15.2 Å². The molecule has 0 aliphatic carbocycles. The smallest absolute Gasteiger partial charge is 0.248 e. The van der Waals surface area contributed by atoms with Gasteiger partial charge in [0.25, 0.3) is 0 Å². The van der Waals surface area contributed by atoms with Crippen molar-refractivity contribution in [3.8, 4) is 11.1 Å². The molecule has 9 heteroatoms. The molecule has 0 bridgehead atoms. The molecule has 202 valence electrons. The Morgan fingerprint density at radius 2 is 1.98 bits per heavy atom. The van der Waals surface area contributed by atoms with E-state index >= 15 is 0 Å². The van der Waals surface area contributed by atoms with Crippen LogP contribution in [0.4, 0.5) is 21.6 Å². The molecule has 6 rings (SSSR count). The number of nitrogens with zero attached hydrogens (tertiary/aromatic N) is 4. The summed E-state index contributed by atoms with van der Waals surface area (Å²) < 4.78 is 16.9. The summed E-state index contributed by atoms with van der Waals surface area (Å²) >= 11 is 6.05. The molecular weight excluding hydrogens is 527 g/mol. The average molecular weight is 555 g/mol. The van der Waals surface area contributed by atoms with Gasteiger partial charge in [-0.05, 0) is 73.8 Å². The minimum atomic E-state index is -0.575. The van der Waals surface area contributed by atoms with Crippen LogP contribution in [0.5, 0.6) is 0 Å². The highest BCUT2D eigenvalue weighted by atomic mass is 35.5. The molecule has 7 nitrogen and oxygen atoms in total. The molecule has 1 saturated heterocycles. The van der Waals surface area contributed by atoms with Crippen LogP contribution in [0.3, 0.4) is 0 Å². The summed E-state index contributed by atoms with van der Waals surface area (Å²) in [4.78, 5) is 24.4. The molecule has 2 N–H and O–H groups in total. The highest BCUT2D eigenvalue weighted by Crippen LogP contribution is 2.40. The fourth-order valence-corrected chi connectivity index (χ4v) is 5.52. The lowest BCUT2D eigenvalue weighted by molar-refractivity contribution is -0.111. The molecular formula is C31H28ClFN6O. The number of rotatable bonds is 6. The second-order valence-electron chi connectivity index (χ2n) is 10.1. The molecule has 40 heavy (non-hydrogen) atoms. The van der Waals surface area contributed by atoms with Crippen LogP contribution in [-0.2, 0) is 11.8 Å². The molecule has 3 heterocycles. The van der Waals surface area contributed by atoms with Gasteiger partial charge in [0.2, 0.25) is 5.91 Å². The number of aryl methyl sites for hydroxylation is 1. The van der Waals surface area contributed by atoms with Gasteiger partial charge in [-0.1, -0.05) is 35.9 Å². The maximum atomic E-state index is 14.9. The number of likely N-dealkylation sites (tertiary alicyclic amines) is 1. The first kappa shape index (κ1) is 26.0. The highest BCUT2D eigenvalue weighted by Gasteiger charge is 2.20. The van der Waals surface area contributed by atoms with E-state index in [-0.39, 0.29) is 22.7 Å². The van der Waals surface area contributed by atoms with Crippen LogP contribution in [0.15, 0.2) is 79.3 Å². The predicted molar refractivity (Wildman–Crippen MR) is 160 cm³/mol. The number of amides is 1. The van der Waals surface area contributed by atoms with E-state index in [1.54, 1.807) is 18.2 Å². The lowest BCUT2D eigenvalue weighted by Gasteiger charge is -2.18. The predicted octanol–water partition coefficient (Wildman–Crippen LogP) is 6.91. The zero-order chi connectivity index (χ0) is 27.8. The minimum Gasteiger partial charge on any atom is -0.351 e. The van der Waals surface area contributed by atoms with Gasteiger partial charge in [0.15, 0.2) is 5.82 Å². The van der Waals surface area contributed by atoms with E-state index in [1.165, 1.54) is 12.4 Å². The van der Waals surface area contributed by atoms with Crippen molar-refractivity contribution in [1.82, 2.24) is 19.4 Å². The molecule has 0 spiro atoms. The zero-order valence-corrected chi connectivity index (χ0v) is 22.9. The van der Waals surface area contributed by atoms with Crippen molar-refractivity contribution < 1.29 is 9.18 Å². The first-order valence-corrected chi connectivity index (χ1v) is 13.5. The Morgan fingerprint density at radius 3 is 2.80 bits per heavy atom. The first-order chi connectivity index (χ1) is 19.4. The summed E-state index contributed by atoms with van der Waals surface area (Å²) in [5.74, 6) is -0.408. The molecule has 1 fully saturated rings. The maximum absolute atomic E-state index is 14.9. The average Bonchev–Trinajstić information content (AvgIpc) is 3.54. The summed E-state index contributed by atoms with van der Waals surface area (Å²) in [6.07, 6.45) is 9.14. The van der Waals surface area contributed by atoms with Gasteiger partial charge in [0, 0.05) is 42.1 Å². The Balaban J connectivity index is 1.50. The quantitative estimate of drug-likeness (QED) is 0.223. The molecule has 1 atom stereocenters. The van der Waals surface area contributed by atoms with Crippen molar-refractivity contribution in [2.24, 2.45) is 7.05 Å². The van der Waals surface area contributed by atoms with Crippen LogP contribution < -0.4 is 10.6 Å². The van der Waals surface area contributed by atoms with Crippen LogP contribution in [0.1, 0.15) is 12.8 Å². The molecule has 2 aromatic heterocycles. The first-order valence-electron chi connectivity index (χ1n) is 13.1. The van der Waals surface area contributed by atoms with Crippen molar-refractivity contribution in [3.05, 3.63) is 90.1 Å². The second kappa shape index (κ2) is 10.7. The summed E-state index contributed by atoms with van der Waals surface area (Å²) in [6, 6.07) is 16.8. The fraction of sp³-hybridized carbons (Fsp3) is 0.194. The van der Waals surface area contributed by atoms with E-state index in [0.29, 0.717) is 22.4 Å². The van der Waals surface area contributed by atoms with Crippen LogP contribution >= 0.6 is 11.6 Å². The third-order valence-electron chi connectivity index (χ3n) is 7.49. The third-order valence-corrected chi connectivity index (χ3v) is 7.78. The Morgan fingerprint density at radius 1 is 1.10 bits per heavy atom. The Bertz CT molecular complexity index is 1780. The monoisotopic (exact) mass is 554 g/mol. The van der Waals surface area contributed by atoms with Gasteiger partial charge in [-0.3, -0.25) is 9.69 Å². The van der Waals surface area contributed by atoms with Gasteiger partial charge in [0.1, 0.15) is 12.1 Å². The number of carbonyl (C=O) groups is 1. The number of likely N-dealkylation sites (N-methyl/N-ethyl adjacent to an activating group) is 1. The fourth-order valence-electron chi connectivity index (χ4n) is 5.35. The Labute approximate surface area is 236 Å². The molecule has 1 aliphatic rings. The SMILES string of the molecule is CN1CCC[C@@H]1/C=C/C(=O)Nc1ccc2ncnc(Nc3cccc(Cl)c3F)c2c1-c1ccc2ccn(C)c2c1. The molecule has 1 aliphatic heterocycles. The van der Waals surface area contributed by atoms with Crippen molar-refractivity contribution in [3.63, 3.8) is 0 Å². The van der Waals surface area contributed by atoms with Gasteiger partial charge in [-0.25, -0.2) is 14.4 Å². The van der Waals surface area contributed by atoms with Crippen LogP contribution in [0, 0.1) is 5.82 Å². The topological polar surface area (TPSA) is 75.1 Å². The van der Waals surface area contributed by atoms with E-state index < -0.39 is 5.82 Å². The third kappa shape index (κ3) is 4.92. The molecule has 5 aromatic rings. The zero-order valence-electron chi connectivity index (χ0n) is 22.2. The number of fused-ring (bicyclic) bond motifs is 2. The molecule has 0 radical (unpaired) electrons. The van der Waals surface area contributed by atoms with Gasteiger partial charge in [-0.2, -0.15) is 0 Å². The second-order valence-corrected chi connectivity index (χ2v) is 10.5. The van der Waals surface area contributed by atoms with Crippen molar-refractivity contribution in [2.75, 3.05) is 24.2 Å². The molecule has 3 aromatic carbocycles. The number of halogens is 2. The number of anilines is 3. The number of aromatic nitrogens is 3.